The minimum absolute atomic E-state index is 0.194. The zero-order valence-electron chi connectivity index (χ0n) is 11.4. The van der Waals surface area contributed by atoms with Crippen LogP contribution in [0.15, 0.2) is 0 Å². The first kappa shape index (κ1) is 13.9. The molecule has 0 aliphatic heterocycles. The van der Waals surface area contributed by atoms with Crippen molar-refractivity contribution >= 4 is 5.91 Å². The van der Waals surface area contributed by atoms with E-state index >= 15 is 0 Å². The SMILES string of the molecule is O=C(CC1CCCCC1)N(CCCO)C1CCC1. The van der Waals surface area contributed by atoms with E-state index in [-0.39, 0.29) is 6.61 Å². The second-order valence-corrected chi connectivity index (χ2v) is 5.96. The van der Waals surface area contributed by atoms with E-state index < -0.39 is 0 Å². The molecule has 1 amide bonds. The lowest BCUT2D eigenvalue weighted by molar-refractivity contribution is -0.136. The molecule has 0 spiro atoms. The van der Waals surface area contributed by atoms with Gasteiger partial charge in [0.05, 0.1) is 0 Å². The van der Waals surface area contributed by atoms with E-state index in [2.05, 4.69) is 4.90 Å². The van der Waals surface area contributed by atoms with E-state index in [9.17, 15) is 4.79 Å². The van der Waals surface area contributed by atoms with Crippen LogP contribution in [0.2, 0.25) is 0 Å². The number of hydrogen-bond acceptors (Lipinski definition) is 2. The molecule has 18 heavy (non-hydrogen) atoms. The van der Waals surface area contributed by atoms with Gasteiger partial charge in [0, 0.05) is 25.6 Å². The third-order valence-electron chi connectivity index (χ3n) is 4.58. The van der Waals surface area contributed by atoms with Crippen LogP contribution in [0, 0.1) is 5.92 Å². The predicted octanol–water partition coefficient (Wildman–Crippen LogP) is 2.72. The van der Waals surface area contributed by atoms with E-state index in [0.29, 0.717) is 17.9 Å². The molecule has 2 fully saturated rings. The van der Waals surface area contributed by atoms with Gasteiger partial charge in [-0.2, -0.15) is 0 Å². The van der Waals surface area contributed by atoms with Gasteiger partial charge in [0.2, 0.25) is 5.91 Å². The fourth-order valence-electron chi connectivity index (χ4n) is 3.21. The first-order valence-corrected chi connectivity index (χ1v) is 7.71. The van der Waals surface area contributed by atoms with E-state index in [1.54, 1.807) is 0 Å². The molecule has 0 unspecified atom stereocenters. The molecule has 104 valence electrons. The van der Waals surface area contributed by atoms with Gasteiger partial charge in [0.1, 0.15) is 0 Å². The van der Waals surface area contributed by atoms with Gasteiger partial charge < -0.3 is 10.0 Å². The summed E-state index contributed by atoms with van der Waals surface area (Å²) in [5, 5.41) is 8.95. The molecule has 1 N–H and O–H groups in total. The molecule has 2 rings (SSSR count). The molecule has 0 aromatic rings. The van der Waals surface area contributed by atoms with Crippen molar-refractivity contribution in [3.63, 3.8) is 0 Å². The lowest BCUT2D eigenvalue weighted by Gasteiger charge is -2.38. The Morgan fingerprint density at radius 2 is 1.78 bits per heavy atom. The lowest BCUT2D eigenvalue weighted by Crippen LogP contribution is -2.45. The molecular weight excluding hydrogens is 226 g/mol. The Bertz CT molecular complexity index is 257. The van der Waals surface area contributed by atoms with Crippen LogP contribution in [0.5, 0.6) is 0 Å². The van der Waals surface area contributed by atoms with Crippen LogP contribution in [0.4, 0.5) is 0 Å². The highest BCUT2D eigenvalue weighted by Crippen LogP contribution is 2.30. The van der Waals surface area contributed by atoms with Gasteiger partial charge >= 0.3 is 0 Å². The fraction of sp³-hybridized carbons (Fsp3) is 0.933. The number of nitrogens with zero attached hydrogens (tertiary/aromatic N) is 1. The first-order chi connectivity index (χ1) is 8.81. The number of aliphatic hydroxyl groups excluding tert-OH is 1. The van der Waals surface area contributed by atoms with Crippen LogP contribution in [0.1, 0.15) is 64.2 Å². The highest BCUT2D eigenvalue weighted by Gasteiger charge is 2.29. The molecule has 0 bridgehead atoms. The molecule has 2 saturated carbocycles. The first-order valence-electron chi connectivity index (χ1n) is 7.71. The standard InChI is InChI=1S/C15H27NO2/c17-11-5-10-16(14-8-4-9-14)15(18)12-13-6-2-1-3-7-13/h13-14,17H,1-12H2. The highest BCUT2D eigenvalue weighted by molar-refractivity contribution is 5.77. The number of carbonyl (C=O) groups excluding carboxylic acids is 1. The summed E-state index contributed by atoms with van der Waals surface area (Å²) >= 11 is 0. The number of rotatable bonds is 6. The molecule has 0 atom stereocenters. The summed E-state index contributed by atoms with van der Waals surface area (Å²) in [6.45, 7) is 0.951. The summed E-state index contributed by atoms with van der Waals surface area (Å²) in [5.41, 5.74) is 0. The Morgan fingerprint density at radius 1 is 1.06 bits per heavy atom. The number of carbonyl (C=O) groups is 1. The second kappa shape index (κ2) is 7.13. The summed E-state index contributed by atoms with van der Waals surface area (Å²) in [6, 6.07) is 0.479. The van der Waals surface area contributed by atoms with E-state index in [1.165, 1.54) is 51.4 Å². The fourth-order valence-corrected chi connectivity index (χ4v) is 3.21. The monoisotopic (exact) mass is 253 g/mol. The molecule has 3 heteroatoms. The lowest BCUT2D eigenvalue weighted by atomic mass is 9.85. The molecule has 0 aromatic carbocycles. The highest BCUT2D eigenvalue weighted by atomic mass is 16.3. The Labute approximate surface area is 111 Å². The normalized spacial score (nSPS) is 21.6. The largest absolute Gasteiger partial charge is 0.396 e. The van der Waals surface area contributed by atoms with Crippen LogP contribution in [0.25, 0.3) is 0 Å². The maximum absolute atomic E-state index is 12.4. The van der Waals surface area contributed by atoms with Gasteiger partial charge in [-0.3, -0.25) is 4.79 Å². The number of hydrogen-bond donors (Lipinski definition) is 1. The quantitative estimate of drug-likeness (QED) is 0.790. The van der Waals surface area contributed by atoms with Crippen molar-refractivity contribution in [2.75, 3.05) is 13.2 Å². The molecule has 2 aliphatic carbocycles. The van der Waals surface area contributed by atoms with Crippen molar-refractivity contribution in [3.8, 4) is 0 Å². The van der Waals surface area contributed by atoms with Crippen LogP contribution in [-0.2, 0) is 4.79 Å². The Morgan fingerprint density at radius 3 is 2.33 bits per heavy atom. The summed E-state index contributed by atoms with van der Waals surface area (Å²) in [6.07, 6.45) is 11.5. The summed E-state index contributed by atoms with van der Waals surface area (Å²) in [5.74, 6) is 0.975. The second-order valence-electron chi connectivity index (χ2n) is 5.96. The molecular formula is C15H27NO2. The van der Waals surface area contributed by atoms with Gasteiger partial charge in [0.15, 0.2) is 0 Å². The van der Waals surface area contributed by atoms with E-state index in [4.69, 9.17) is 5.11 Å². The third kappa shape index (κ3) is 3.71. The summed E-state index contributed by atoms with van der Waals surface area (Å²) in [7, 11) is 0. The van der Waals surface area contributed by atoms with Crippen molar-refractivity contribution in [2.45, 2.75) is 70.3 Å². The maximum atomic E-state index is 12.4. The number of amides is 1. The van der Waals surface area contributed by atoms with Crippen molar-refractivity contribution in [2.24, 2.45) is 5.92 Å². The van der Waals surface area contributed by atoms with E-state index in [1.807, 2.05) is 0 Å². The van der Waals surface area contributed by atoms with Crippen LogP contribution < -0.4 is 0 Å². The third-order valence-corrected chi connectivity index (χ3v) is 4.58. The van der Waals surface area contributed by atoms with Gasteiger partial charge in [0.25, 0.3) is 0 Å². The molecule has 0 saturated heterocycles. The molecule has 0 radical (unpaired) electrons. The maximum Gasteiger partial charge on any atom is 0.223 e. The van der Waals surface area contributed by atoms with Crippen molar-refractivity contribution in [1.29, 1.82) is 0 Å². The summed E-state index contributed by atoms with van der Waals surface area (Å²) in [4.78, 5) is 14.5. The van der Waals surface area contributed by atoms with Gasteiger partial charge in [-0.25, -0.2) is 0 Å². The smallest absolute Gasteiger partial charge is 0.223 e. The zero-order valence-corrected chi connectivity index (χ0v) is 11.4. The summed E-state index contributed by atoms with van der Waals surface area (Å²) < 4.78 is 0. The van der Waals surface area contributed by atoms with Crippen molar-refractivity contribution in [3.05, 3.63) is 0 Å². The van der Waals surface area contributed by atoms with E-state index in [0.717, 1.165) is 19.4 Å². The van der Waals surface area contributed by atoms with Crippen LogP contribution >= 0.6 is 0 Å². The minimum atomic E-state index is 0.194. The molecule has 0 heterocycles. The Hall–Kier alpha value is -0.570. The van der Waals surface area contributed by atoms with Crippen molar-refractivity contribution in [1.82, 2.24) is 4.90 Å². The van der Waals surface area contributed by atoms with Crippen LogP contribution in [-0.4, -0.2) is 35.1 Å². The van der Waals surface area contributed by atoms with Crippen molar-refractivity contribution < 1.29 is 9.90 Å². The van der Waals surface area contributed by atoms with Gasteiger partial charge in [-0.05, 0) is 44.4 Å². The average Bonchev–Trinajstić information content (AvgIpc) is 2.33. The predicted molar refractivity (Wildman–Crippen MR) is 72.2 cm³/mol. The van der Waals surface area contributed by atoms with Gasteiger partial charge in [-0.1, -0.05) is 19.3 Å². The minimum Gasteiger partial charge on any atom is -0.396 e. The topological polar surface area (TPSA) is 40.5 Å². The van der Waals surface area contributed by atoms with Crippen LogP contribution in [0.3, 0.4) is 0 Å². The Kier molecular flexibility index (Phi) is 5.48. The van der Waals surface area contributed by atoms with Gasteiger partial charge in [-0.15, -0.1) is 0 Å². The number of aliphatic hydroxyl groups is 1. The molecule has 2 aliphatic rings. The Balaban J connectivity index is 1.81. The average molecular weight is 253 g/mol. The zero-order chi connectivity index (χ0) is 12.8. The molecule has 3 nitrogen and oxygen atoms in total. The molecule has 0 aromatic heterocycles.